The van der Waals surface area contributed by atoms with E-state index in [-0.39, 0.29) is 6.04 Å². The van der Waals surface area contributed by atoms with E-state index in [1.807, 2.05) is 0 Å². The van der Waals surface area contributed by atoms with Gasteiger partial charge in [0.2, 0.25) is 12.3 Å². The number of carbonyl (C=O) groups is 1. The van der Waals surface area contributed by atoms with E-state index < -0.39 is 30.5 Å². The van der Waals surface area contributed by atoms with Crippen LogP contribution in [0.3, 0.4) is 0 Å². The first-order valence-electron chi connectivity index (χ1n) is 7.62. The normalized spacial score (nSPS) is 18.2. The first-order valence-corrected chi connectivity index (χ1v) is 7.62. The van der Waals surface area contributed by atoms with Crippen LogP contribution in [-0.2, 0) is 17.8 Å². The highest BCUT2D eigenvalue weighted by Gasteiger charge is 2.28. The maximum atomic E-state index is 13.0. The molecule has 1 aromatic heterocycles. The lowest BCUT2D eigenvalue weighted by Crippen LogP contribution is -2.43. The molecule has 3 rings (SSSR count). The summed E-state index contributed by atoms with van der Waals surface area (Å²) in [5.41, 5.74) is 0.369. The van der Waals surface area contributed by atoms with Gasteiger partial charge in [-0.1, -0.05) is 12.1 Å². The van der Waals surface area contributed by atoms with E-state index in [1.165, 1.54) is 12.1 Å². The molecule has 2 atom stereocenters. The molecule has 6 nitrogen and oxygen atoms in total. The van der Waals surface area contributed by atoms with Gasteiger partial charge in [0, 0.05) is 18.9 Å². The predicted octanol–water partition coefficient (Wildman–Crippen LogP) is 1.68. The van der Waals surface area contributed by atoms with E-state index in [0.29, 0.717) is 24.9 Å². The van der Waals surface area contributed by atoms with Crippen LogP contribution in [0, 0.1) is 5.82 Å². The molecule has 1 amide bonds. The number of aryl methyl sites for hydroxylation is 1. The maximum absolute atomic E-state index is 13.0. The average Bonchev–Trinajstić information content (AvgIpc) is 3.01. The summed E-state index contributed by atoms with van der Waals surface area (Å²) >= 11 is 0. The number of hydrogen-bond donors (Lipinski definition) is 1. The van der Waals surface area contributed by atoms with Gasteiger partial charge in [0.1, 0.15) is 5.82 Å². The Balaban J connectivity index is 1.71. The number of nitrogens with zero attached hydrogens (tertiary/aromatic N) is 4. The number of amides is 1. The molecule has 1 aliphatic rings. The minimum atomic E-state index is -2.64. The minimum Gasteiger partial charge on any atom is -0.351 e. The molecule has 128 valence electrons. The van der Waals surface area contributed by atoms with Gasteiger partial charge in [-0.2, -0.15) is 0 Å². The van der Waals surface area contributed by atoms with E-state index in [9.17, 15) is 18.0 Å². The molecule has 1 aromatic carbocycles. The fourth-order valence-electron chi connectivity index (χ4n) is 2.83. The number of nitrogens with one attached hydrogen (secondary N) is 1. The van der Waals surface area contributed by atoms with Crippen molar-refractivity contribution in [3.05, 3.63) is 41.5 Å². The number of benzene rings is 1. The molecule has 2 unspecified atom stereocenters. The molecule has 0 fully saturated rings. The van der Waals surface area contributed by atoms with Crippen molar-refractivity contribution in [2.24, 2.45) is 0 Å². The standard InChI is InChI=1S/C15H16F3N5O/c16-10-3-1-9(2-4-10)12(7-13(17)18)15(24)19-11-5-6-14-20-21-22-23(14)8-11/h1-4,11-13H,5-8H2,(H,19,24). The average molecular weight is 339 g/mol. The summed E-state index contributed by atoms with van der Waals surface area (Å²) in [6, 6.07) is 4.82. The molecule has 0 bridgehead atoms. The number of hydrogen-bond acceptors (Lipinski definition) is 4. The van der Waals surface area contributed by atoms with Gasteiger partial charge in [0.05, 0.1) is 12.5 Å². The molecule has 0 spiro atoms. The quantitative estimate of drug-likeness (QED) is 0.900. The van der Waals surface area contributed by atoms with Crippen LogP contribution in [0.1, 0.15) is 30.1 Å². The van der Waals surface area contributed by atoms with Crippen LogP contribution >= 0.6 is 0 Å². The molecule has 0 radical (unpaired) electrons. The molecule has 2 heterocycles. The minimum absolute atomic E-state index is 0.228. The third kappa shape index (κ3) is 3.72. The molecule has 0 saturated carbocycles. The Morgan fingerprint density at radius 1 is 1.33 bits per heavy atom. The van der Waals surface area contributed by atoms with E-state index >= 15 is 0 Å². The van der Waals surface area contributed by atoms with Crippen LogP contribution in [0.15, 0.2) is 24.3 Å². The lowest BCUT2D eigenvalue weighted by atomic mass is 9.94. The Labute approximate surface area is 136 Å². The summed E-state index contributed by atoms with van der Waals surface area (Å²) < 4.78 is 40.3. The number of tetrazole rings is 1. The number of aromatic nitrogens is 4. The number of halogens is 3. The van der Waals surface area contributed by atoms with Crippen LogP contribution in [0.25, 0.3) is 0 Å². The Bertz CT molecular complexity index is 703. The van der Waals surface area contributed by atoms with Gasteiger partial charge >= 0.3 is 0 Å². The van der Waals surface area contributed by atoms with E-state index in [0.717, 1.165) is 18.0 Å². The van der Waals surface area contributed by atoms with Gasteiger partial charge in [0.15, 0.2) is 5.82 Å². The third-order valence-electron chi connectivity index (χ3n) is 4.06. The number of rotatable bonds is 5. The lowest BCUT2D eigenvalue weighted by Gasteiger charge is -2.25. The molecule has 0 saturated heterocycles. The van der Waals surface area contributed by atoms with Crippen molar-refractivity contribution in [3.8, 4) is 0 Å². The van der Waals surface area contributed by atoms with Gasteiger partial charge in [-0.05, 0) is 34.5 Å². The fraction of sp³-hybridized carbons (Fsp3) is 0.467. The summed E-state index contributed by atoms with van der Waals surface area (Å²) in [5.74, 6) is -1.26. The second kappa shape index (κ2) is 6.98. The second-order valence-corrected chi connectivity index (χ2v) is 5.75. The molecular weight excluding hydrogens is 323 g/mol. The second-order valence-electron chi connectivity index (χ2n) is 5.75. The van der Waals surface area contributed by atoms with Crippen molar-refractivity contribution >= 4 is 5.91 Å². The van der Waals surface area contributed by atoms with Crippen LogP contribution < -0.4 is 5.32 Å². The summed E-state index contributed by atoms with van der Waals surface area (Å²) in [7, 11) is 0. The van der Waals surface area contributed by atoms with Gasteiger partial charge in [-0.15, -0.1) is 5.10 Å². The lowest BCUT2D eigenvalue weighted by molar-refractivity contribution is -0.124. The molecule has 24 heavy (non-hydrogen) atoms. The number of fused-ring (bicyclic) bond motifs is 1. The van der Waals surface area contributed by atoms with Gasteiger partial charge in [-0.25, -0.2) is 17.9 Å². The van der Waals surface area contributed by atoms with Crippen LogP contribution in [0.2, 0.25) is 0 Å². The smallest absolute Gasteiger partial charge is 0.239 e. The Hall–Kier alpha value is -2.45. The maximum Gasteiger partial charge on any atom is 0.239 e. The zero-order valence-electron chi connectivity index (χ0n) is 12.7. The molecular formula is C15H16F3N5O. The third-order valence-corrected chi connectivity index (χ3v) is 4.06. The zero-order chi connectivity index (χ0) is 17.1. The summed E-state index contributed by atoms with van der Waals surface area (Å²) in [4.78, 5) is 12.5. The highest BCUT2D eigenvalue weighted by Crippen LogP contribution is 2.24. The van der Waals surface area contributed by atoms with Crippen molar-refractivity contribution in [1.29, 1.82) is 0 Å². The zero-order valence-corrected chi connectivity index (χ0v) is 12.7. The molecule has 0 aliphatic carbocycles. The van der Waals surface area contributed by atoms with Crippen LogP contribution in [0.4, 0.5) is 13.2 Å². The summed E-state index contributed by atoms with van der Waals surface area (Å²) in [5, 5.41) is 14.0. The van der Waals surface area contributed by atoms with Crippen molar-refractivity contribution < 1.29 is 18.0 Å². The fourth-order valence-corrected chi connectivity index (χ4v) is 2.83. The highest BCUT2D eigenvalue weighted by molar-refractivity contribution is 5.83. The Kier molecular flexibility index (Phi) is 4.77. The van der Waals surface area contributed by atoms with Gasteiger partial charge in [0.25, 0.3) is 0 Å². The predicted molar refractivity (Wildman–Crippen MR) is 77.8 cm³/mol. The van der Waals surface area contributed by atoms with Crippen LogP contribution in [-0.4, -0.2) is 38.6 Å². The molecule has 1 aliphatic heterocycles. The molecule has 1 N–H and O–H groups in total. The number of alkyl halides is 2. The monoisotopic (exact) mass is 339 g/mol. The Morgan fingerprint density at radius 3 is 2.79 bits per heavy atom. The van der Waals surface area contributed by atoms with E-state index in [2.05, 4.69) is 20.8 Å². The van der Waals surface area contributed by atoms with Crippen molar-refractivity contribution in [2.45, 2.75) is 44.2 Å². The van der Waals surface area contributed by atoms with Crippen molar-refractivity contribution in [2.75, 3.05) is 0 Å². The Morgan fingerprint density at radius 2 is 2.08 bits per heavy atom. The van der Waals surface area contributed by atoms with E-state index in [4.69, 9.17) is 0 Å². The van der Waals surface area contributed by atoms with Gasteiger partial charge < -0.3 is 5.32 Å². The molecule has 2 aromatic rings. The summed E-state index contributed by atoms with van der Waals surface area (Å²) in [6.07, 6.45) is -2.01. The van der Waals surface area contributed by atoms with Crippen molar-refractivity contribution in [1.82, 2.24) is 25.5 Å². The molecule has 9 heteroatoms. The topological polar surface area (TPSA) is 72.7 Å². The number of carbonyl (C=O) groups excluding carboxylic acids is 1. The highest BCUT2D eigenvalue weighted by atomic mass is 19.3. The van der Waals surface area contributed by atoms with E-state index in [1.54, 1.807) is 4.68 Å². The first-order chi connectivity index (χ1) is 11.5. The first kappa shape index (κ1) is 16.4. The van der Waals surface area contributed by atoms with Crippen molar-refractivity contribution in [3.63, 3.8) is 0 Å². The van der Waals surface area contributed by atoms with Crippen LogP contribution in [0.5, 0.6) is 0 Å². The summed E-state index contributed by atoms with van der Waals surface area (Å²) in [6.45, 7) is 0.402. The van der Waals surface area contributed by atoms with Gasteiger partial charge in [-0.3, -0.25) is 4.79 Å². The largest absolute Gasteiger partial charge is 0.351 e. The SMILES string of the molecule is O=C(NC1CCc2nnnn2C1)C(CC(F)F)c1ccc(F)cc1.